The summed E-state index contributed by atoms with van der Waals surface area (Å²) in [7, 11) is 0. The summed E-state index contributed by atoms with van der Waals surface area (Å²) in [6.07, 6.45) is 0. The fourth-order valence-corrected chi connectivity index (χ4v) is 1.63. The van der Waals surface area contributed by atoms with Crippen LogP contribution in [0.25, 0.3) is 0 Å². The van der Waals surface area contributed by atoms with Gasteiger partial charge in [-0.25, -0.2) is 0 Å². The highest BCUT2D eigenvalue weighted by Gasteiger charge is 2.07. The molecule has 0 aliphatic heterocycles. The summed E-state index contributed by atoms with van der Waals surface area (Å²) in [6.45, 7) is 2.47. The molecule has 1 heterocycles. The number of hydrogen-bond acceptors (Lipinski definition) is 3. The molecule has 2 rings (SSSR count). The lowest BCUT2D eigenvalue weighted by Crippen LogP contribution is -2.24. The monoisotopic (exact) mass is 261 g/mol. The number of hydrogen-bond donors (Lipinski definition) is 1. The summed E-state index contributed by atoms with van der Waals surface area (Å²) in [5, 5.41) is 10.4. The summed E-state index contributed by atoms with van der Waals surface area (Å²) in [6, 6.07) is 11.0. The lowest BCUT2D eigenvalue weighted by Gasteiger charge is -2.05. The molecule has 5 heteroatoms. The van der Waals surface area contributed by atoms with Crippen LogP contribution in [0.4, 0.5) is 0 Å². The van der Waals surface area contributed by atoms with Gasteiger partial charge >= 0.3 is 0 Å². The number of benzene rings is 1. The largest absolute Gasteiger partial charge is 0.347 e. The minimum atomic E-state index is -0.263. The third kappa shape index (κ3) is 3.28. The Kier molecular flexibility index (Phi) is 3.89. The first-order chi connectivity index (χ1) is 8.65. The van der Waals surface area contributed by atoms with Gasteiger partial charge in [0.2, 0.25) is 0 Å². The Bertz CT molecular complexity index is 554. The van der Waals surface area contributed by atoms with Gasteiger partial charge in [-0.05, 0) is 24.6 Å². The summed E-state index contributed by atoms with van der Waals surface area (Å²) < 4.78 is 0. The van der Waals surface area contributed by atoms with E-state index < -0.39 is 0 Å². The predicted octanol–water partition coefficient (Wildman–Crippen LogP) is 2.37. The van der Waals surface area contributed by atoms with E-state index in [1.54, 1.807) is 6.07 Å². The first kappa shape index (κ1) is 12.5. The van der Waals surface area contributed by atoms with E-state index in [0.29, 0.717) is 6.54 Å². The summed E-state index contributed by atoms with van der Waals surface area (Å²) in [4.78, 5) is 11.8. The molecular formula is C13H12ClN3O. The van der Waals surface area contributed by atoms with Crippen molar-refractivity contribution in [2.75, 3.05) is 0 Å². The van der Waals surface area contributed by atoms with Gasteiger partial charge in [-0.3, -0.25) is 4.79 Å². The van der Waals surface area contributed by atoms with E-state index in [1.165, 1.54) is 6.07 Å². The fraction of sp³-hybridized carbons (Fsp3) is 0.154. The van der Waals surface area contributed by atoms with E-state index in [2.05, 4.69) is 15.5 Å². The molecule has 1 aromatic heterocycles. The molecule has 18 heavy (non-hydrogen) atoms. The van der Waals surface area contributed by atoms with Crippen molar-refractivity contribution in [3.8, 4) is 0 Å². The van der Waals surface area contributed by atoms with Crippen molar-refractivity contribution in [2.45, 2.75) is 13.5 Å². The van der Waals surface area contributed by atoms with Crippen LogP contribution >= 0.6 is 11.6 Å². The molecule has 0 fully saturated rings. The Morgan fingerprint density at radius 3 is 2.78 bits per heavy atom. The van der Waals surface area contributed by atoms with Crippen LogP contribution in [0, 0.1) is 6.92 Å². The number of nitrogens with zero attached hydrogens (tertiary/aromatic N) is 2. The van der Waals surface area contributed by atoms with Gasteiger partial charge < -0.3 is 5.32 Å². The van der Waals surface area contributed by atoms with Crippen molar-refractivity contribution in [1.82, 2.24) is 15.5 Å². The fourth-order valence-electron chi connectivity index (χ4n) is 1.53. The molecular weight excluding hydrogens is 250 g/mol. The van der Waals surface area contributed by atoms with Crippen molar-refractivity contribution in [3.05, 3.63) is 58.4 Å². The van der Waals surface area contributed by atoms with Crippen LogP contribution in [0.15, 0.2) is 36.4 Å². The molecule has 0 aliphatic carbocycles. The normalized spacial score (nSPS) is 10.1. The third-order valence-electron chi connectivity index (χ3n) is 2.40. The third-order valence-corrected chi connectivity index (χ3v) is 2.60. The van der Waals surface area contributed by atoms with Crippen LogP contribution in [0.3, 0.4) is 0 Å². The van der Waals surface area contributed by atoms with Crippen LogP contribution in [-0.2, 0) is 6.54 Å². The summed E-state index contributed by atoms with van der Waals surface area (Å²) in [5.41, 5.74) is 2.46. The molecule has 1 N–H and O–H groups in total. The molecule has 0 radical (unpaired) electrons. The van der Waals surface area contributed by atoms with Crippen molar-refractivity contribution in [1.29, 1.82) is 0 Å². The van der Waals surface area contributed by atoms with Gasteiger partial charge in [0.25, 0.3) is 5.91 Å². The Labute approximate surface area is 110 Å². The zero-order valence-corrected chi connectivity index (χ0v) is 10.6. The Morgan fingerprint density at radius 2 is 2.11 bits per heavy atom. The summed E-state index contributed by atoms with van der Waals surface area (Å²) >= 11 is 5.60. The average molecular weight is 262 g/mol. The zero-order chi connectivity index (χ0) is 13.0. The highest BCUT2D eigenvalue weighted by molar-refractivity contribution is 6.29. The van der Waals surface area contributed by atoms with Crippen LogP contribution in [-0.4, -0.2) is 16.1 Å². The Balaban J connectivity index is 1.98. The van der Waals surface area contributed by atoms with Crippen molar-refractivity contribution in [3.63, 3.8) is 0 Å². The van der Waals surface area contributed by atoms with Crippen LogP contribution in [0.2, 0.25) is 5.15 Å². The number of aryl methyl sites for hydroxylation is 1. The predicted molar refractivity (Wildman–Crippen MR) is 69.4 cm³/mol. The molecule has 92 valence electrons. The molecule has 0 unspecified atom stereocenters. The van der Waals surface area contributed by atoms with Crippen LogP contribution < -0.4 is 5.32 Å². The Morgan fingerprint density at radius 1 is 1.28 bits per heavy atom. The minimum Gasteiger partial charge on any atom is -0.347 e. The molecule has 0 saturated carbocycles. The smallest absolute Gasteiger partial charge is 0.272 e. The van der Waals surface area contributed by atoms with Crippen molar-refractivity contribution >= 4 is 17.5 Å². The summed E-state index contributed by atoms with van der Waals surface area (Å²) in [5.74, 6) is -0.263. The number of amides is 1. The van der Waals surface area contributed by atoms with E-state index in [9.17, 15) is 4.79 Å². The zero-order valence-electron chi connectivity index (χ0n) is 9.85. The molecule has 4 nitrogen and oxygen atoms in total. The number of nitrogens with one attached hydrogen (secondary N) is 1. The lowest BCUT2D eigenvalue weighted by atomic mass is 10.1. The standard InChI is InChI=1S/C13H12ClN3O/c1-9-3-2-4-10(7-9)8-15-13(18)11-5-6-12(14)17-16-11/h2-7H,8H2,1H3,(H,15,18). The van der Waals surface area contributed by atoms with Gasteiger partial charge in [-0.2, -0.15) is 0 Å². The molecule has 0 spiro atoms. The topological polar surface area (TPSA) is 54.9 Å². The SMILES string of the molecule is Cc1cccc(CNC(=O)c2ccc(Cl)nn2)c1. The molecule has 2 aromatic rings. The quantitative estimate of drug-likeness (QED) is 0.923. The average Bonchev–Trinajstić information content (AvgIpc) is 2.37. The van der Waals surface area contributed by atoms with Gasteiger partial charge in [-0.15, -0.1) is 10.2 Å². The van der Waals surface area contributed by atoms with Crippen LogP contribution in [0.1, 0.15) is 21.6 Å². The van der Waals surface area contributed by atoms with E-state index >= 15 is 0 Å². The second-order valence-electron chi connectivity index (χ2n) is 3.91. The maximum Gasteiger partial charge on any atom is 0.272 e. The maximum absolute atomic E-state index is 11.8. The highest BCUT2D eigenvalue weighted by Crippen LogP contribution is 2.05. The second kappa shape index (κ2) is 5.60. The first-order valence-corrected chi connectivity index (χ1v) is 5.86. The molecule has 0 atom stereocenters. The number of carbonyl (C=O) groups excluding carboxylic acids is 1. The number of aromatic nitrogens is 2. The lowest BCUT2D eigenvalue weighted by molar-refractivity contribution is 0.0945. The maximum atomic E-state index is 11.8. The molecule has 1 aromatic carbocycles. The van der Waals surface area contributed by atoms with Crippen LogP contribution in [0.5, 0.6) is 0 Å². The van der Waals surface area contributed by atoms with E-state index in [1.807, 2.05) is 31.2 Å². The molecule has 0 aliphatic rings. The van der Waals surface area contributed by atoms with Gasteiger partial charge in [0.05, 0.1) is 0 Å². The molecule has 0 bridgehead atoms. The minimum absolute atomic E-state index is 0.257. The number of halogens is 1. The van der Waals surface area contributed by atoms with Crippen molar-refractivity contribution < 1.29 is 4.79 Å². The Hall–Kier alpha value is -1.94. The number of rotatable bonds is 3. The van der Waals surface area contributed by atoms with E-state index in [4.69, 9.17) is 11.6 Å². The number of carbonyl (C=O) groups is 1. The van der Waals surface area contributed by atoms with E-state index in [-0.39, 0.29) is 16.8 Å². The van der Waals surface area contributed by atoms with E-state index in [0.717, 1.165) is 11.1 Å². The highest BCUT2D eigenvalue weighted by atomic mass is 35.5. The van der Waals surface area contributed by atoms with Crippen molar-refractivity contribution in [2.24, 2.45) is 0 Å². The van der Waals surface area contributed by atoms with Gasteiger partial charge in [-0.1, -0.05) is 41.4 Å². The van der Waals surface area contributed by atoms with Gasteiger partial charge in [0.15, 0.2) is 10.8 Å². The van der Waals surface area contributed by atoms with Gasteiger partial charge in [0.1, 0.15) is 0 Å². The first-order valence-electron chi connectivity index (χ1n) is 5.48. The molecule has 0 saturated heterocycles. The second-order valence-corrected chi connectivity index (χ2v) is 4.30. The molecule has 1 amide bonds. The van der Waals surface area contributed by atoms with Gasteiger partial charge in [0, 0.05) is 6.54 Å².